The minimum absolute atomic E-state index is 0.0585. The van der Waals surface area contributed by atoms with Crippen LogP contribution in [0.4, 0.5) is 4.39 Å². The molecule has 5 heteroatoms. The molecule has 0 bridgehead atoms. The number of carboxylic acid groups (broad SMARTS) is 1. The van der Waals surface area contributed by atoms with E-state index in [1.165, 1.54) is 12.1 Å². The molecule has 0 saturated heterocycles. The standard InChI is InChI=1S/C11H10BrFO3/c12-9-7(11(14)15)4-5-8(10(9)13)16-6-2-1-3-6/h4-6H,1-3H2,(H,14,15). The van der Waals surface area contributed by atoms with Crippen molar-refractivity contribution < 1.29 is 19.0 Å². The number of halogens is 2. The van der Waals surface area contributed by atoms with Crippen LogP contribution in [0.5, 0.6) is 5.75 Å². The van der Waals surface area contributed by atoms with E-state index in [1.54, 1.807) is 0 Å². The molecule has 0 atom stereocenters. The molecular formula is C11H10BrFO3. The van der Waals surface area contributed by atoms with Gasteiger partial charge in [0.25, 0.3) is 0 Å². The smallest absolute Gasteiger partial charge is 0.336 e. The Balaban J connectivity index is 2.26. The van der Waals surface area contributed by atoms with Gasteiger partial charge in [-0.2, -0.15) is 0 Å². The van der Waals surface area contributed by atoms with E-state index in [4.69, 9.17) is 9.84 Å². The molecule has 0 spiro atoms. The van der Waals surface area contributed by atoms with Crippen molar-refractivity contribution in [2.75, 3.05) is 0 Å². The fourth-order valence-corrected chi connectivity index (χ4v) is 1.95. The fourth-order valence-electron chi connectivity index (χ4n) is 1.46. The van der Waals surface area contributed by atoms with E-state index in [0.717, 1.165) is 19.3 Å². The van der Waals surface area contributed by atoms with Gasteiger partial charge in [-0.3, -0.25) is 0 Å². The van der Waals surface area contributed by atoms with Crippen molar-refractivity contribution in [1.82, 2.24) is 0 Å². The van der Waals surface area contributed by atoms with E-state index in [-0.39, 0.29) is 21.9 Å². The van der Waals surface area contributed by atoms with Crippen LogP contribution in [0.15, 0.2) is 16.6 Å². The molecule has 1 aromatic carbocycles. The van der Waals surface area contributed by atoms with Crippen LogP contribution in [0.2, 0.25) is 0 Å². The van der Waals surface area contributed by atoms with E-state index in [2.05, 4.69) is 15.9 Å². The van der Waals surface area contributed by atoms with Gasteiger partial charge in [-0.25, -0.2) is 9.18 Å². The Bertz CT molecular complexity index is 429. The molecule has 1 aliphatic rings. The third kappa shape index (κ3) is 2.04. The van der Waals surface area contributed by atoms with Crippen LogP contribution < -0.4 is 4.74 Å². The maximum Gasteiger partial charge on any atom is 0.336 e. The zero-order valence-electron chi connectivity index (χ0n) is 8.37. The highest BCUT2D eigenvalue weighted by Crippen LogP contribution is 2.32. The summed E-state index contributed by atoms with van der Waals surface area (Å²) < 4.78 is 19.0. The Morgan fingerprint density at radius 2 is 2.19 bits per heavy atom. The Labute approximate surface area is 100 Å². The van der Waals surface area contributed by atoms with Crippen LogP contribution >= 0.6 is 15.9 Å². The molecule has 1 aliphatic carbocycles. The van der Waals surface area contributed by atoms with E-state index in [1.807, 2.05) is 0 Å². The van der Waals surface area contributed by atoms with Crippen molar-refractivity contribution in [3.63, 3.8) is 0 Å². The van der Waals surface area contributed by atoms with Crippen LogP contribution in [-0.2, 0) is 0 Å². The lowest BCUT2D eigenvalue weighted by molar-refractivity contribution is 0.0694. The molecule has 0 unspecified atom stereocenters. The van der Waals surface area contributed by atoms with Crippen molar-refractivity contribution in [3.8, 4) is 5.75 Å². The number of ether oxygens (including phenoxy) is 1. The van der Waals surface area contributed by atoms with Crippen LogP contribution in [-0.4, -0.2) is 17.2 Å². The summed E-state index contributed by atoms with van der Waals surface area (Å²) in [6.07, 6.45) is 3.02. The summed E-state index contributed by atoms with van der Waals surface area (Å²) in [5.74, 6) is -1.70. The van der Waals surface area contributed by atoms with Gasteiger partial charge in [0.2, 0.25) is 0 Å². The van der Waals surface area contributed by atoms with Gasteiger partial charge in [0, 0.05) is 0 Å². The third-order valence-electron chi connectivity index (χ3n) is 2.62. The molecule has 0 heterocycles. The van der Waals surface area contributed by atoms with Crippen LogP contribution in [0.25, 0.3) is 0 Å². The minimum atomic E-state index is -1.17. The van der Waals surface area contributed by atoms with Gasteiger partial charge in [-0.1, -0.05) is 0 Å². The Kier molecular flexibility index (Phi) is 3.14. The Hall–Kier alpha value is -1.10. The van der Waals surface area contributed by atoms with Gasteiger partial charge in [0.05, 0.1) is 16.1 Å². The topological polar surface area (TPSA) is 46.5 Å². The Morgan fingerprint density at radius 1 is 1.50 bits per heavy atom. The highest BCUT2D eigenvalue weighted by Gasteiger charge is 2.23. The van der Waals surface area contributed by atoms with Crippen LogP contribution in [0.3, 0.4) is 0 Å². The van der Waals surface area contributed by atoms with Gasteiger partial charge >= 0.3 is 5.97 Å². The van der Waals surface area contributed by atoms with Crippen LogP contribution in [0, 0.1) is 5.82 Å². The van der Waals surface area contributed by atoms with E-state index in [0.29, 0.717) is 0 Å². The monoisotopic (exact) mass is 288 g/mol. The molecule has 86 valence electrons. The SMILES string of the molecule is O=C(O)c1ccc(OC2CCC2)c(F)c1Br. The van der Waals surface area contributed by atoms with Crippen molar-refractivity contribution in [2.24, 2.45) is 0 Å². The molecule has 1 aromatic rings. The maximum absolute atomic E-state index is 13.7. The fraction of sp³-hybridized carbons (Fsp3) is 0.364. The maximum atomic E-state index is 13.7. The zero-order chi connectivity index (χ0) is 11.7. The zero-order valence-corrected chi connectivity index (χ0v) is 9.96. The summed E-state index contributed by atoms with van der Waals surface area (Å²) in [6, 6.07) is 2.70. The molecule has 0 amide bonds. The number of hydrogen-bond donors (Lipinski definition) is 1. The number of hydrogen-bond acceptors (Lipinski definition) is 2. The van der Waals surface area contributed by atoms with Gasteiger partial charge in [-0.05, 0) is 47.3 Å². The predicted octanol–water partition coefficient (Wildman–Crippen LogP) is 3.22. The number of benzene rings is 1. The molecule has 1 fully saturated rings. The highest BCUT2D eigenvalue weighted by atomic mass is 79.9. The lowest BCUT2D eigenvalue weighted by Crippen LogP contribution is -2.25. The Morgan fingerprint density at radius 3 is 2.69 bits per heavy atom. The lowest BCUT2D eigenvalue weighted by atomic mass is 9.96. The largest absolute Gasteiger partial charge is 0.487 e. The predicted molar refractivity (Wildman–Crippen MR) is 59.3 cm³/mol. The summed E-state index contributed by atoms with van der Waals surface area (Å²) in [5.41, 5.74) is -0.0986. The summed E-state index contributed by atoms with van der Waals surface area (Å²) in [7, 11) is 0. The van der Waals surface area contributed by atoms with Crippen molar-refractivity contribution in [3.05, 3.63) is 28.0 Å². The first kappa shape index (κ1) is 11.4. The molecule has 0 aliphatic heterocycles. The molecular weight excluding hydrogens is 279 g/mol. The molecule has 0 radical (unpaired) electrons. The van der Waals surface area contributed by atoms with Gasteiger partial charge in [0.1, 0.15) is 0 Å². The first-order valence-corrected chi connectivity index (χ1v) is 5.77. The average Bonchev–Trinajstić information content (AvgIpc) is 2.17. The molecule has 1 saturated carbocycles. The number of carboxylic acids is 1. The quantitative estimate of drug-likeness (QED) is 0.929. The summed E-state index contributed by atoms with van der Waals surface area (Å²) in [4.78, 5) is 10.7. The summed E-state index contributed by atoms with van der Waals surface area (Å²) in [5, 5.41) is 8.78. The second kappa shape index (κ2) is 4.41. The molecule has 16 heavy (non-hydrogen) atoms. The molecule has 1 N–H and O–H groups in total. The molecule has 3 nitrogen and oxygen atoms in total. The first-order valence-electron chi connectivity index (χ1n) is 4.97. The third-order valence-corrected chi connectivity index (χ3v) is 3.40. The summed E-state index contributed by atoms with van der Waals surface area (Å²) >= 11 is 2.93. The van der Waals surface area contributed by atoms with E-state index in [9.17, 15) is 9.18 Å². The van der Waals surface area contributed by atoms with Gasteiger partial charge in [-0.15, -0.1) is 0 Å². The van der Waals surface area contributed by atoms with Gasteiger partial charge in [0.15, 0.2) is 11.6 Å². The van der Waals surface area contributed by atoms with Crippen LogP contribution in [0.1, 0.15) is 29.6 Å². The lowest BCUT2D eigenvalue weighted by Gasteiger charge is -2.26. The van der Waals surface area contributed by atoms with Crippen molar-refractivity contribution >= 4 is 21.9 Å². The number of carbonyl (C=O) groups is 1. The number of aromatic carboxylic acids is 1. The van der Waals surface area contributed by atoms with Gasteiger partial charge < -0.3 is 9.84 Å². The highest BCUT2D eigenvalue weighted by molar-refractivity contribution is 9.10. The second-order valence-electron chi connectivity index (χ2n) is 3.72. The van der Waals surface area contributed by atoms with E-state index >= 15 is 0 Å². The summed E-state index contributed by atoms with van der Waals surface area (Å²) in [6.45, 7) is 0. The van der Waals surface area contributed by atoms with E-state index < -0.39 is 11.8 Å². The first-order chi connectivity index (χ1) is 7.59. The number of rotatable bonds is 3. The minimum Gasteiger partial charge on any atom is -0.487 e. The second-order valence-corrected chi connectivity index (χ2v) is 4.51. The normalized spacial score (nSPS) is 15.6. The molecule has 0 aromatic heterocycles. The molecule has 2 rings (SSSR count). The average molecular weight is 289 g/mol. The van der Waals surface area contributed by atoms with Crippen molar-refractivity contribution in [1.29, 1.82) is 0 Å². The van der Waals surface area contributed by atoms with Crippen molar-refractivity contribution in [2.45, 2.75) is 25.4 Å².